The Morgan fingerprint density at radius 2 is 2.09 bits per heavy atom. The summed E-state index contributed by atoms with van der Waals surface area (Å²) in [6.07, 6.45) is 2.73. The van der Waals surface area contributed by atoms with Crippen LogP contribution in [0.1, 0.15) is 5.56 Å². The van der Waals surface area contributed by atoms with Gasteiger partial charge in [-0.15, -0.1) is 0 Å². The van der Waals surface area contributed by atoms with Gasteiger partial charge in [0.1, 0.15) is 0 Å². The summed E-state index contributed by atoms with van der Waals surface area (Å²) in [6.45, 7) is 0. The topological polar surface area (TPSA) is 63.1 Å². The van der Waals surface area contributed by atoms with Crippen molar-refractivity contribution < 1.29 is 9.90 Å². The van der Waals surface area contributed by atoms with E-state index in [4.69, 9.17) is 13.0 Å². The van der Waals surface area contributed by atoms with Crippen LogP contribution in [0.4, 0.5) is 0 Å². The van der Waals surface area contributed by atoms with Gasteiger partial charge in [0.2, 0.25) is 0 Å². The van der Waals surface area contributed by atoms with Crippen LogP contribution in [-0.4, -0.2) is 28.9 Å². The lowest BCUT2D eigenvalue weighted by Gasteiger charge is -1.94. The van der Waals surface area contributed by atoms with Gasteiger partial charge in [-0.25, -0.2) is 0 Å². The predicted octanol–water partition coefficient (Wildman–Crippen LogP) is -1.10. The Balaban J connectivity index is 2.74. The maximum atomic E-state index is 10.2. The third kappa shape index (κ3) is 2.37. The van der Waals surface area contributed by atoms with E-state index in [9.17, 15) is 4.79 Å². The molecular formula is C6H5BN2O2. The molecule has 0 amide bonds. The molecule has 0 saturated carbocycles. The van der Waals surface area contributed by atoms with E-state index in [1.165, 1.54) is 12.4 Å². The van der Waals surface area contributed by atoms with Gasteiger partial charge in [-0.05, 0) is 5.56 Å². The second-order valence-electron chi connectivity index (χ2n) is 2.02. The fourth-order valence-corrected chi connectivity index (χ4v) is 0.631. The minimum Gasteiger partial charge on any atom is -0.481 e. The maximum Gasteiger partial charge on any atom is 0.307 e. The molecule has 0 unspecified atom stereocenters. The molecule has 0 bridgehead atoms. The van der Waals surface area contributed by atoms with E-state index in [0.717, 1.165) is 0 Å². The Labute approximate surface area is 64.7 Å². The number of nitrogens with zero attached hydrogens (tertiary/aromatic N) is 2. The van der Waals surface area contributed by atoms with Crippen LogP contribution in [0.25, 0.3) is 0 Å². The Morgan fingerprint density at radius 3 is 2.55 bits per heavy atom. The minimum atomic E-state index is -0.904. The average molecular weight is 148 g/mol. The summed E-state index contributed by atoms with van der Waals surface area (Å²) < 4.78 is 0. The smallest absolute Gasteiger partial charge is 0.307 e. The van der Waals surface area contributed by atoms with Gasteiger partial charge >= 0.3 is 5.97 Å². The van der Waals surface area contributed by atoms with Crippen molar-refractivity contribution in [2.24, 2.45) is 0 Å². The van der Waals surface area contributed by atoms with Crippen molar-refractivity contribution in [3.05, 3.63) is 18.0 Å². The highest BCUT2D eigenvalue weighted by molar-refractivity contribution is 6.28. The van der Waals surface area contributed by atoms with Gasteiger partial charge in [-0.2, -0.15) is 0 Å². The van der Waals surface area contributed by atoms with Crippen LogP contribution in [-0.2, 0) is 11.2 Å². The molecule has 1 aromatic rings. The Hall–Kier alpha value is -1.39. The molecule has 1 rings (SSSR count). The number of aliphatic carboxylic acids is 1. The van der Waals surface area contributed by atoms with Crippen molar-refractivity contribution in [1.29, 1.82) is 0 Å². The molecule has 1 N–H and O–H groups in total. The highest BCUT2D eigenvalue weighted by Gasteiger charge is 1.99. The van der Waals surface area contributed by atoms with E-state index in [0.29, 0.717) is 5.56 Å². The zero-order valence-electron chi connectivity index (χ0n) is 5.69. The first-order chi connectivity index (χ1) is 5.18. The van der Waals surface area contributed by atoms with Gasteiger partial charge in [0.15, 0.2) is 7.85 Å². The summed E-state index contributed by atoms with van der Waals surface area (Å²) in [7, 11) is 5.19. The standard InChI is InChI=1S/C6H5BN2O2/c7-6-8-2-4(3-9-6)1-5(10)11/h2-3H,1H2,(H,10,11). The number of hydrogen-bond donors (Lipinski definition) is 1. The first-order valence-electron chi connectivity index (χ1n) is 2.96. The fraction of sp³-hybridized carbons (Fsp3) is 0.167. The first kappa shape index (κ1) is 7.72. The quantitative estimate of drug-likeness (QED) is 0.540. The molecule has 0 atom stereocenters. The molecule has 54 valence electrons. The second kappa shape index (κ2) is 3.14. The van der Waals surface area contributed by atoms with Crippen molar-refractivity contribution >= 4 is 19.5 Å². The summed E-state index contributed by atoms with van der Waals surface area (Å²) in [5, 5.41) is 8.35. The van der Waals surface area contributed by atoms with E-state index in [2.05, 4.69) is 9.97 Å². The zero-order valence-corrected chi connectivity index (χ0v) is 5.69. The van der Waals surface area contributed by atoms with Crippen LogP contribution in [0, 0.1) is 0 Å². The lowest BCUT2D eigenvalue weighted by Crippen LogP contribution is -2.13. The van der Waals surface area contributed by atoms with E-state index >= 15 is 0 Å². The normalized spacial score (nSPS) is 9.45. The Bertz CT molecular complexity index is 260. The summed E-state index contributed by atoms with van der Waals surface area (Å²) in [5.41, 5.74) is 0.700. The van der Waals surface area contributed by atoms with Crippen molar-refractivity contribution in [2.75, 3.05) is 0 Å². The van der Waals surface area contributed by atoms with Crippen LogP contribution in [0.3, 0.4) is 0 Å². The fourth-order valence-electron chi connectivity index (χ4n) is 0.631. The zero-order chi connectivity index (χ0) is 8.27. The molecule has 0 fully saturated rings. The molecule has 0 aliphatic carbocycles. The Morgan fingerprint density at radius 1 is 1.55 bits per heavy atom. The molecule has 0 aromatic carbocycles. The van der Waals surface area contributed by atoms with E-state index < -0.39 is 5.97 Å². The minimum absolute atomic E-state index is 0.0692. The molecule has 4 nitrogen and oxygen atoms in total. The van der Waals surface area contributed by atoms with E-state index in [-0.39, 0.29) is 12.1 Å². The van der Waals surface area contributed by atoms with Crippen LogP contribution < -0.4 is 5.72 Å². The van der Waals surface area contributed by atoms with E-state index in [1.807, 2.05) is 0 Å². The average Bonchev–Trinajstić information content (AvgIpc) is 1.93. The lowest BCUT2D eigenvalue weighted by atomic mass is 10.1. The number of carboxylic acids is 1. The molecule has 5 heteroatoms. The highest BCUT2D eigenvalue weighted by atomic mass is 16.4. The van der Waals surface area contributed by atoms with Crippen LogP contribution >= 0.6 is 0 Å². The molecule has 0 aliphatic heterocycles. The number of carboxylic acid groups (broad SMARTS) is 1. The van der Waals surface area contributed by atoms with Gasteiger partial charge in [0.05, 0.1) is 12.1 Å². The molecule has 1 aromatic heterocycles. The molecule has 0 saturated heterocycles. The van der Waals surface area contributed by atoms with E-state index in [1.54, 1.807) is 0 Å². The lowest BCUT2D eigenvalue weighted by molar-refractivity contribution is -0.136. The SMILES string of the molecule is [B]c1ncc(CC(=O)O)cn1. The van der Waals surface area contributed by atoms with Crippen molar-refractivity contribution in [3.8, 4) is 0 Å². The molecule has 11 heavy (non-hydrogen) atoms. The highest BCUT2D eigenvalue weighted by Crippen LogP contribution is 1.92. The number of rotatable bonds is 2. The summed E-state index contributed by atoms with van der Waals surface area (Å²) in [5.74, 6) is -0.904. The second-order valence-corrected chi connectivity index (χ2v) is 2.02. The van der Waals surface area contributed by atoms with Gasteiger partial charge in [-0.1, -0.05) is 0 Å². The largest absolute Gasteiger partial charge is 0.481 e. The third-order valence-electron chi connectivity index (χ3n) is 1.08. The van der Waals surface area contributed by atoms with Crippen LogP contribution in [0.15, 0.2) is 12.4 Å². The number of aromatic nitrogens is 2. The summed E-state index contributed by atoms with van der Waals surface area (Å²) in [4.78, 5) is 17.4. The monoisotopic (exact) mass is 148 g/mol. The Kier molecular flexibility index (Phi) is 2.20. The molecule has 0 spiro atoms. The van der Waals surface area contributed by atoms with Gasteiger partial charge in [-0.3, -0.25) is 14.8 Å². The third-order valence-corrected chi connectivity index (χ3v) is 1.08. The molecule has 0 aliphatic rings. The maximum absolute atomic E-state index is 10.2. The molecule has 1 heterocycles. The van der Waals surface area contributed by atoms with Crippen molar-refractivity contribution in [1.82, 2.24) is 9.97 Å². The van der Waals surface area contributed by atoms with Crippen molar-refractivity contribution in [2.45, 2.75) is 6.42 Å². The van der Waals surface area contributed by atoms with Crippen LogP contribution in [0.5, 0.6) is 0 Å². The van der Waals surface area contributed by atoms with Gasteiger partial charge in [0, 0.05) is 12.4 Å². The summed E-state index contributed by atoms with van der Waals surface area (Å²) in [6, 6.07) is 0. The summed E-state index contributed by atoms with van der Waals surface area (Å²) >= 11 is 0. The van der Waals surface area contributed by atoms with Gasteiger partial charge in [0.25, 0.3) is 0 Å². The number of hydrogen-bond acceptors (Lipinski definition) is 3. The first-order valence-corrected chi connectivity index (χ1v) is 2.96. The van der Waals surface area contributed by atoms with Crippen molar-refractivity contribution in [3.63, 3.8) is 0 Å². The molecule has 2 radical (unpaired) electrons. The number of carbonyl (C=O) groups is 1. The van der Waals surface area contributed by atoms with Crippen LogP contribution in [0.2, 0.25) is 0 Å². The molecular weight excluding hydrogens is 143 g/mol. The van der Waals surface area contributed by atoms with Gasteiger partial charge < -0.3 is 5.11 Å². The predicted molar refractivity (Wildman–Crippen MR) is 38.8 cm³/mol.